The first-order chi connectivity index (χ1) is 12.2. The molecule has 0 atom stereocenters. The van der Waals surface area contributed by atoms with E-state index in [-0.39, 0.29) is 5.91 Å². The standard InChI is InChI=1S/C21H23N3O/c1-16-22-11-14-24(16)15-17-9-12-23(13-10-17)21(25)20-8-4-6-18-5-2-3-7-19(18)20/h2-8,11,14,17H,9-10,12-13,15H2,1H3. The third-order valence-electron chi connectivity index (χ3n) is 5.30. The van der Waals surface area contributed by atoms with Crippen molar-refractivity contribution in [3.8, 4) is 0 Å². The van der Waals surface area contributed by atoms with E-state index < -0.39 is 0 Å². The Morgan fingerprint density at radius 2 is 1.88 bits per heavy atom. The van der Waals surface area contributed by atoms with Gasteiger partial charge in [-0.3, -0.25) is 4.79 Å². The van der Waals surface area contributed by atoms with Crippen LogP contribution in [0.2, 0.25) is 0 Å². The first kappa shape index (κ1) is 15.9. The van der Waals surface area contributed by atoms with Crippen LogP contribution < -0.4 is 0 Å². The molecule has 4 rings (SSSR count). The van der Waals surface area contributed by atoms with Crippen molar-refractivity contribution >= 4 is 16.7 Å². The van der Waals surface area contributed by atoms with Crippen LogP contribution >= 0.6 is 0 Å². The van der Waals surface area contributed by atoms with Crippen molar-refractivity contribution in [2.24, 2.45) is 5.92 Å². The molecule has 1 amide bonds. The molecule has 1 fully saturated rings. The lowest BCUT2D eigenvalue weighted by Crippen LogP contribution is -2.39. The van der Waals surface area contributed by atoms with E-state index in [1.807, 2.05) is 54.5 Å². The Morgan fingerprint density at radius 3 is 2.64 bits per heavy atom. The zero-order chi connectivity index (χ0) is 17.2. The van der Waals surface area contributed by atoms with Gasteiger partial charge in [-0.25, -0.2) is 4.98 Å². The number of piperidine rings is 1. The number of hydrogen-bond donors (Lipinski definition) is 0. The normalized spacial score (nSPS) is 15.6. The average molecular weight is 333 g/mol. The first-order valence-electron chi connectivity index (χ1n) is 8.97. The summed E-state index contributed by atoms with van der Waals surface area (Å²) in [7, 11) is 0. The van der Waals surface area contributed by atoms with Crippen molar-refractivity contribution in [1.82, 2.24) is 14.5 Å². The van der Waals surface area contributed by atoms with Crippen LogP contribution in [0.1, 0.15) is 29.0 Å². The molecular formula is C21H23N3O. The molecule has 4 heteroatoms. The van der Waals surface area contributed by atoms with Crippen LogP contribution in [-0.2, 0) is 6.54 Å². The molecule has 0 radical (unpaired) electrons. The predicted molar refractivity (Wildman–Crippen MR) is 99.5 cm³/mol. The summed E-state index contributed by atoms with van der Waals surface area (Å²) in [6.07, 6.45) is 6.00. The number of rotatable bonds is 3. The summed E-state index contributed by atoms with van der Waals surface area (Å²) in [6.45, 7) is 4.71. The molecule has 1 aliphatic heterocycles. The number of hydrogen-bond acceptors (Lipinski definition) is 2. The molecule has 0 bridgehead atoms. The van der Waals surface area contributed by atoms with E-state index in [1.165, 1.54) is 0 Å². The SMILES string of the molecule is Cc1nccn1CC1CCN(C(=O)c2cccc3ccccc23)CC1. The molecule has 0 spiro atoms. The molecular weight excluding hydrogens is 310 g/mol. The third kappa shape index (κ3) is 3.16. The lowest BCUT2D eigenvalue weighted by molar-refractivity contribution is 0.0684. The minimum absolute atomic E-state index is 0.161. The number of likely N-dealkylation sites (tertiary alicyclic amines) is 1. The van der Waals surface area contributed by atoms with Crippen LogP contribution in [0.4, 0.5) is 0 Å². The molecule has 1 saturated heterocycles. The summed E-state index contributed by atoms with van der Waals surface area (Å²) < 4.78 is 2.22. The van der Waals surface area contributed by atoms with E-state index in [2.05, 4.69) is 21.7 Å². The highest BCUT2D eigenvalue weighted by Gasteiger charge is 2.24. The largest absolute Gasteiger partial charge is 0.339 e. The van der Waals surface area contributed by atoms with Gasteiger partial charge in [0, 0.05) is 37.6 Å². The number of aryl methyl sites for hydroxylation is 1. The third-order valence-corrected chi connectivity index (χ3v) is 5.30. The van der Waals surface area contributed by atoms with Gasteiger partial charge in [-0.1, -0.05) is 36.4 Å². The van der Waals surface area contributed by atoms with Crippen LogP contribution in [0, 0.1) is 12.8 Å². The van der Waals surface area contributed by atoms with Crippen molar-refractivity contribution < 1.29 is 4.79 Å². The minimum atomic E-state index is 0.161. The van der Waals surface area contributed by atoms with Gasteiger partial charge in [0.25, 0.3) is 5.91 Å². The number of benzene rings is 2. The fourth-order valence-electron chi connectivity index (χ4n) is 3.78. The molecule has 0 aliphatic carbocycles. The fraction of sp³-hybridized carbons (Fsp3) is 0.333. The van der Waals surface area contributed by atoms with E-state index >= 15 is 0 Å². The van der Waals surface area contributed by atoms with Crippen LogP contribution in [0.25, 0.3) is 10.8 Å². The van der Waals surface area contributed by atoms with Gasteiger partial charge in [0.15, 0.2) is 0 Å². The van der Waals surface area contributed by atoms with E-state index in [9.17, 15) is 4.79 Å². The van der Waals surface area contributed by atoms with E-state index in [1.54, 1.807) is 0 Å². The summed E-state index contributed by atoms with van der Waals surface area (Å²) in [6, 6.07) is 14.1. The van der Waals surface area contributed by atoms with Crippen molar-refractivity contribution in [2.75, 3.05) is 13.1 Å². The topological polar surface area (TPSA) is 38.1 Å². The smallest absolute Gasteiger partial charge is 0.254 e. The number of fused-ring (bicyclic) bond motifs is 1. The van der Waals surface area contributed by atoms with Crippen LogP contribution in [-0.4, -0.2) is 33.4 Å². The van der Waals surface area contributed by atoms with Gasteiger partial charge in [0.05, 0.1) is 0 Å². The Labute approximate surface area is 148 Å². The maximum absolute atomic E-state index is 13.0. The second-order valence-corrected chi connectivity index (χ2v) is 6.89. The molecule has 0 saturated carbocycles. The lowest BCUT2D eigenvalue weighted by atomic mass is 9.95. The van der Waals surface area contributed by atoms with Crippen molar-refractivity contribution in [3.05, 3.63) is 66.2 Å². The van der Waals surface area contributed by atoms with Gasteiger partial charge in [0.1, 0.15) is 5.82 Å². The van der Waals surface area contributed by atoms with E-state index in [0.717, 1.165) is 54.6 Å². The van der Waals surface area contributed by atoms with Gasteiger partial charge in [-0.15, -0.1) is 0 Å². The highest BCUT2D eigenvalue weighted by Crippen LogP contribution is 2.24. The zero-order valence-electron chi connectivity index (χ0n) is 14.6. The van der Waals surface area contributed by atoms with Crippen LogP contribution in [0.15, 0.2) is 54.9 Å². The van der Waals surface area contributed by atoms with Crippen LogP contribution in [0.5, 0.6) is 0 Å². The summed E-state index contributed by atoms with van der Waals surface area (Å²) in [4.78, 5) is 19.3. The van der Waals surface area contributed by atoms with Crippen molar-refractivity contribution in [2.45, 2.75) is 26.3 Å². The fourth-order valence-corrected chi connectivity index (χ4v) is 3.78. The zero-order valence-corrected chi connectivity index (χ0v) is 14.6. The predicted octanol–water partition coefficient (Wildman–Crippen LogP) is 3.90. The van der Waals surface area contributed by atoms with Crippen molar-refractivity contribution in [3.63, 3.8) is 0 Å². The average Bonchev–Trinajstić information content (AvgIpc) is 3.06. The van der Waals surface area contributed by atoms with Crippen LogP contribution in [0.3, 0.4) is 0 Å². The molecule has 0 N–H and O–H groups in total. The molecule has 2 heterocycles. The number of nitrogens with zero attached hydrogens (tertiary/aromatic N) is 3. The molecule has 3 aromatic rings. The number of carbonyl (C=O) groups excluding carboxylic acids is 1. The maximum atomic E-state index is 13.0. The number of aromatic nitrogens is 2. The second-order valence-electron chi connectivity index (χ2n) is 6.89. The summed E-state index contributed by atoms with van der Waals surface area (Å²) in [5.74, 6) is 1.84. The van der Waals surface area contributed by atoms with Gasteiger partial charge in [0.2, 0.25) is 0 Å². The molecule has 25 heavy (non-hydrogen) atoms. The Bertz CT molecular complexity index is 886. The second kappa shape index (κ2) is 6.71. The van der Waals surface area contributed by atoms with Gasteiger partial charge < -0.3 is 9.47 Å². The summed E-state index contributed by atoms with van der Waals surface area (Å²) in [5, 5.41) is 2.17. The van der Waals surface area contributed by atoms with E-state index in [0.29, 0.717) is 5.92 Å². The molecule has 0 unspecified atom stereocenters. The first-order valence-corrected chi connectivity index (χ1v) is 8.97. The highest BCUT2D eigenvalue weighted by atomic mass is 16.2. The Balaban J connectivity index is 1.45. The number of amides is 1. The number of imidazole rings is 1. The molecule has 2 aromatic carbocycles. The minimum Gasteiger partial charge on any atom is -0.339 e. The Kier molecular flexibility index (Phi) is 4.26. The maximum Gasteiger partial charge on any atom is 0.254 e. The van der Waals surface area contributed by atoms with Gasteiger partial charge in [-0.2, -0.15) is 0 Å². The quantitative estimate of drug-likeness (QED) is 0.729. The van der Waals surface area contributed by atoms with Gasteiger partial charge >= 0.3 is 0 Å². The Hall–Kier alpha value is -2.62. The molecule has 1 aromatic heterocycles. The molecule has 1 aliphatic rings. The Morgan fingerprint density at radius 1 is 1.12 bits per heavy atom. The lowest BCUT2D eigenvalue weighted by Gasteiger charge is -2.32. The molecule has 128 valence electrons. The summed E-state index contributed by atoms with van der Waals surface area (Å²) >= 11 is 0. The highest BCUT2D eigenvalue weighted by molar-refractivity contribution is 6.07. The van der Waals surface area contributed by atoms with Gasteiger partial charge in [-0.05, 0) is 42.5 Å². The molecule has 4 nitrogen and oxygen atoms in total. The van der Waals surface area contributed by atoms with Crippen molar-refractivity contribution in [1.29, 1.82) is 0 Å². The monoisotopic (exact) mass is 333 g/mol. The van der Waals surface area contributed by atoms with E-state index in [4.69, 9.17) is 0 Å². The summed E-state index contributed by atoms with van der Waals surface area (Å²) in [5.41, 5.74) is 0.821. The number of carbonyl (C=O) groups is 1.